The molecule has 0 radical (unpaired) electrons. The van der Waals surface area contributed by atoms with Crippen LogP contribution in [0, 0.1) is 0 Å². The summed E-state index contributed by atoms with van der Waals surface area (Å²) in [7, 11) is 1.35. The number of anilines is 2. The highest BCUT2D eigenvalue weighted by atomic mass is 16.5. The third-order valence-electron chi connectivity index (χ3n) is 3.68. The molecule has 3 N–H and O–H groups in total. The lowest BCUT2D eigenvalue weighted by molar-refractivity contribution is 0.0601. The van der Waals surface area contributed by atoms with Crippen LogP contribution in [-0.2, 0) is 4.74 Å². The molecule has 6 nitrogen and oxygen atoms in total. The molecule has 1 aliphatic rings. The smallest absolute Gasteiger partial charge is 0.341 e. The Labute approximate surface area is 125 Å². The van der Waals surface area contributed by atoms with E-state index in [1.54, 1.807) is 12.3 Å². The quantitative estimate of drug-likeness (QED) is 0.805. The molecule has 2 heterocycles. The first-order valence-corrected chi connectivity index (χ1v) is 7.43. The molecule has 116 valence electrons. The van der Waals surface area contributed by atoms with Gasteiger partial charge in [0.2, 0.25) is 0 Å². The Balaban J connectivity index is 2.02. The number of esters is 1. The van der Waals surface area contributed by atoms with Crippen LogP contribution in [0.2, 0.25) is 0 Å². The van der Waals surface area contributed by atoms with E-state index < -0.39 is 5.97 Å². The topological polar surface area (TPSA) is 80.5 Å². The minimum atomic E-state index is -0.428. The molecular formula is C15H24N4O2. The van der Waals surface area contributed by atoms with E-state index in [-0.39, 0.29) is 6.04 Å². The van der Waals surface area contributed by atoms with Crippen LogP contribution in [0.4, 0.5) is 11.5 Å². The lowest BCUT2D eigenvalue weighted by Crippen LogP contribution is -2.38. The number of hydrogen-bond acceptors (Lipinski definition) is 6. The Kier molecular flexibility index (Phi) is 5.38. The number of nitrogens with zero attached hydrogens (tertiary/aromatic N) is 2. The monoisotopic (exact) mass is 292 g/mol. The highest BCUT2D eigenvalue weighted by Crippen LogP contribution is 2.18. The van der Waals surface area contributed by atoms with Crippen LogP contribution >= 0.6 is 0 Å². The minimum absolute atomic E-state index is 0.197. The molecule has 0 aromatic carbocycles. The minimum Gasteiger partial charge on any atom is -0.465 e. The molecule has 6 heteroatoms. The average Bonchev–Trinajstić information content (AvgIpc) is 2.49. The number of ether oxygens (including phenoxy) is 1. The zero-order valence-corrected chi connectivity index (χ0v) is 12.8. The van der Waals surface area contributed by atoms with Crippen LogP contribution < -0.4 is 11.1 Å². The van der Waals surface area contributed by atoms with Crippen molar-refractivity contribution in [2.24, 2.45) is 0 Å². The molecule has 21 heavy (non-hydrogen) atoms. The highest BCUT2D eigenvalue weighted by molar-refractivity contribution is 5.95. The van der Waals surface area contributed by atoms with Gasteiger partial charge in [0, 0.05) is 12.6 Å². The van der Waals surface area contributed by atoms with Crippen molar-refractivity contribution in [2.75, 3.05) is 37.8 Å². The summed E-state index contributed by atoms with van der Waals surface area (Å²) < 4.78 is 4.78. The van der Waals surface area contributed by atoms with Gasteiger partial charge in [-0.1, -0.05) is 6.42 Å². The summed E-state index contributed by atoms with van der Waals surface area (Å²) in [5.41, 5.74) is 6.52. The predicted molar refractivity (Wildman–Crippen MR) is 83.4 cm³/mol. The Morgan fingerprint density at radius 3 is 2.86 bits per heavy atom. The van der Waals surface area contributed by atoms with Gasteiger partial charge in [0.15, 0.2) is 0 Å². The van der Waals surface area contributed by atoms with Crippen molar-refractivity contribution in [2.45, 2.75) is 32.2 Å². The van der Waals surface area contributed by atoms with Gasteiger partial charge in [-0.05, 0) is 38.9 Å². The molecule has 0 bridgehead atoms. The molecule has 0 amide bonds. The fourth-order valence-electron chi connectivity index (χ4n) is 2.67. The predicted octanol–water partition coefficient (Wildman–Crippen LogP) is 1.74. The first-order chi connectivity index (χ1) is 10.1. The van der Waals surface area contributed by atoms with Gasteiger partial charge in [0.1, 0.15) is 11.4 Å². The van der Waals surface area contributed by atoms with E-state index in [0.29, 0.717) is 17.1 Å². The molecule has 0 spiro atoms. The average molecular weight is 292 g/mol. The van der Waals surface area contributed by atoms with Crippen molar-refractivity contribution in [1.82, 2.24) is 9.88 Å². The lowest BCUT2D eigenvalue weighted by Gasteiger charge is -2.29. The molecule has 1 atom stereocenters. The van der Waals surface area contributed by atoms with E-state index in [9.17, 15) is 4.79 Å². The summed E-state index contributed by atoms with van der Waals surface area (Å²) in [6.45, 7) is 5.32. The zero-order chi connectivity index (χ0) is 15.2. The summed E-state index contributed by atoms with van der Waals surface area (Å²) in [5, 5.41) is 3.29. The van der Waals surface area contributed by atoms with Gasteiger partial charge in [0.25, 0.3) is 0 Å². The third-order valence-corrected chi connectivity index (χ3v) is 3.68. The number of nitrogens with one attached hydrogen (secondary N) is 1. The molecule has 1 aromatic rings. The molecule has 1 fully saturated rings. The van der Waals surface area contributed by atoms with Gasteiger partial charge in [-0.15, -0.1) is 0 Å². The number of piperidine rings is 1. The fourth-order valence-corrected chi connectivity index (χ4v) is 2.67. The maximum absolute atomic E-state index is 11.8. The second-order valence-corrected chi connectivity index (χ2v) is 5.56. The molecule has 1 aromatic heterocycles. The number of carbonyl (C=O) groups is 1. The maximum atomic E-state index is 11.8. The van der Waals surface area contributed by atoms with E-state index in [2.05, 4.69) is 22.1 Å². The van der Waals surface area contributed by atoms with E-state index in [4.69, 9.17) is 10.5 Å². The Morgan fingerprint density at radius 1 is 1.48 bits per heavy atom. The van der Waals surface area contributed by atoms with E-state index in [0.717, 1.165) is 19.6 Å². The van der Waals surface area contributed by atoms with Crippen molar-refractivity contribution in [1.29, 1.82) is 0 Å². The summed E-state index contributed by atoms with van der Waals surface area (Å²) in [6.07, 6.45) is 5.40. The van der Waals surface area contributed by atoms with E-state index in [1.165, 1.54) is 26.4 Å². The van der Waals surface area contributed by atoms with Crippen molar-refractivity contribution in [3.8, 4) is 0 Å². The van der Waals surface area contributed by atoms with E-state index >= 15 is 0 Å². The van der Waals surface area contributed by atoms with Gasteiger partial charge < -0.3 is 20.7 Å². The Bertz CT molecular complexity index is 487. The van der Waals surface area contributed by atoms with Gasteiger partial charge in [-0.25, -0.2) is 9.78 Å². The zero-order valence-electron chi connectivity index (χ0n) is 12.8. The number of nitrogen functional groups attached to an aromatic ring is 1. The largest absolute Gasteiger partial charge is 0.465 e. The second-order valence-electron chi connectivity index (χ2n) is 5.56. The summed E-state index contributed by atoms with van der Waals surface area (Å²) >= 11 is 0. The SMILES string of the molecule is COC(=O)c1cc(N)cnc1NC(C)CN1CCCCC1. The lowest BCUT2D eigenvalue weighted by atomic mass is 10.1. The van der Waals surface area contributed by atoms with Crippen LogP contribution in [0.25, 0.3) is 0 Å². The molecular weight excluding hydrogens is 268 g/mol. The van der Waals surface area contributed by atoms with Crippen LogP contribution in [0.1, 0.15) is 36.5 Å². The first-order valence-electron chi connectivity index (χ1n) is 7.43. The second kappa shape index (κ2) is 7.26. The number of aromatic nitrogens is 1. The van der Waals surface area contributed by atoms with Gasteiger partial charge in [-0.3, -0.25) is 0 Å². The summed E-state index contributed by atoms with van der Waals surface area (Å²) in [6, 6.07) is 1.79. The molecule has 1 unspecified atom stereocenters. The number of likely N-dealkylation sites (tertiary alicyclic amines) is 1. The number of methoxy groups -OCH3 is 1. The van der Waals surface area contributed by atoms with Crippen molar-refractivity contribution in [3.63, 3.8) is 0 Å². The molecule has 0 saturated carbocycles. The number of rotatable bonds is 5. The van der Waals surface area contributed by atoms with Crippen LogP contribution in [0.15, 0.2) is 12.3 Å². The molecule has 2 rings (SSSR count). The Hall–Kier alpha value is -1.82. The molecule has 1 saturated heterocycles. The van der Waals surface area contributed by atoms with Gasteiger partial charge in [-0.2, -0.15) is 0 Å². The standard InChI is InChI=1S/C15H24N4O2/c1-11(10-19-6-4-3-5-7-19)18-14-13(15(20)21-2)8-12(16)9-17-14/h8-9,11H,3-7,10,16H2,1-2H3,(H,17,18). The summed E-state index contributed by atoms with van der Waals surface area (Å²) in [5.74, 6) is 0.100. The maximum Gasteiger partial charge on any atom is 0.341 e. The molecule has 1 aliphatic heterocycles. The normalized spacial score (nSPS) is 17.2. The fraction of sp³-hybridized carbons (Fsp3) is 0.600. The molecule has 0 aliphatic carbocycles. The van der Waals surface area contributed by atoms with Crippen molar-refractivity contribution in [3.05, 3.63) is 17.8 Å². The Morgan fingerprint density at radius 2 is 2.19 bits per heavy atom. The van der Waals surface area contributed by atoms with Crippen LogP contribution in [-0.4, -0.2) is 48.6 Å². The third kappa shape index (κ3) is 4.32. The number of carbonyl (C=O) groups excluding carboxylic acids is 1. The van der Waals surface area contributed by atoms with Gasteiger partial charge >= 0.3 is 5.97 Å². The number of hydrogen-bond donors (Lipinski definition) is 2. The van der Waals surface area contributed by atoms with Crippen molar-refractivity contribution < 1.29 is 9.53 Å². The van der Waals surface area contributed by atoms with Crippen LogP contribution in [0.3, 0.4) is 0 Å². The highest BCUT2D eigenvalue weighted by Gasteiger charge is 2.18. The number of nitrogens with two attached hydrogens (primary N) is 1. The number of pyridine rings is 1. The van der Waals surface area contributed by atoms with E-state index in [1.807, 2.05) is 0 Å². The summed E-state index contributed by atoms with van der Waals surface area (Å²) in [4.78, 5) is 18.5. The van der Waals surface area contributed by atoms with Crippen molar-refractivity contribution >= 4 is 17.5 Å². The van der Waals surface area contributed by atoms with Gasteiger partial charge in [0.05, 0.1) is 19.0 Å². The van der Waals surface area contributed by atoms with Crippen LogP contribution in [0.5, 0.6) is 0 Å². The first kappa shape index (κ1) is 15.6.